The van der Waals surface area contributed by atoms with Gasteiger partial charge in [-0.3, -0.25) is 0 Å². The van der Waals surface area contributed by atoms with Crippen LogP contribution in [0.3, 0.4) is 0 Å². The summed E-state index contributed by atoms with van der Waals surface area (Å²) >= 11 is 0. The van der Waals surface area contributed by atoms with E-state index in [2.05, 4.69) is 45.6 Å². The third-order valence-electron chi connectivity index (χ3n) is 3.45. The van der Waals surface area contributed by atoms with Crippen LogP contribution in [0.1, 0.15) is 29.4 Å². The standard InChI is InChI=1S/C15H18N4/c1-10-17-12(9-16)7-15(18-10)19-14-8-13(14)11-5-3-2-4-6-11/h2-7,13-14H,8-9,16H2,1H3,(H,17,18,19)/t13-,14+/m1/s1. The Kier molecular flexibility index (Phi) is 3.17. The molecule has 2 aromatic rings. The summed E-state index contributed by atoms with van der Waals surface area (Å²) in [5, 5.41) is 3.47. The minimum absolute atomic E-state index is 0.449. The van der Waals surface area contributed by atoms with Crippen LogP contribution in [0.2, 0.25) is 0 Å². The fourth-order valence-electron chi connectivity index (χ4n) is 2.42. The van der Waals surface area contributed by atoms with Gasteiger partial charge in [0.1, 0.15) is 11.6 Å². The summed E-state index contributed by atoms with van der Waals surface area (Å²) in [7, 11) is 0. The smallest absolute Gasteiger partial charge is 0.130 e. The number of hydrogen-bond donors (Lipinski definition) is 2. The molecule has 0 amide bonds. The Balaban J connectivity index is 1.69. The maximum absolute atomic E-state index is 5.63. The Bertz CT molecular complexity index is 568. The van der Waals surface area contributed by atoms with E-state index in [1.807, 2.05) is 13.0 Å². The molecular formula is C15H18N4. The highest BCUT2D eigenvalue weighted by molar-refractivity contribution is 5.42. The molecule has 19 heavy (non-hydrogen) atoms. The van der Waals surface area contributed by atoms with Crippen LogP contribution >= 0.6 is 0 Å². The van der Waals surface area contributed by atoms with Gasteiger partial charge in [0.2, 0.25) is 0 Å². The molecule has 4 heteroatoms. The second-order valence-corrected chi connectivity index (χ2v) is 5.00. The topological polar surface area (TPSA) is 63.8 Å². The highest BCUT2D eigenvalue weighted by atomic mass is 15.1. The van der Waals surface area contributed by atoms with Crippen molar-refractivity contribution >= 4 is 5.82 Å². The number of benzene rings is 1. The first-order chi connectivity index (χ1) is 9.26. The number of nitrogens with zero attached hydrogens (tertiary/aromatic N) is 2. The maximum Gasteiger partial charge on any atom is 0.130 e. The lowest BCUT2D eigenvalue weighted by molar-refractivity contribution is 0.917. The molecule has 1 saturated carbocycles. The van der Waals surface area contributed by atoms with E-state index in [9.17, 15) is 0 Å². The minimum Gasteiger partial charge on any atom is -0.367 e. The molecule has 1 heterocycles. The molecule has 4 nitrogen and oxygen atoms in total. The third-order valence-corrected chi connectivity index (χ3v) is 3.45. The molecule has 1 fully saturated rings. The van der Waals surface area contributed by atoms with E-state index in [4.69, 9.17) is 5.73 Å². The SMILES string of the molecule is Cc1nc(CN)cc(N[C@H]2C[C@@H]2c2ccccc2)n1. The van der Waals surface area contributed by atoms with E-state index in [1.54, 1.807) is 0 Å². The summed E-state index contributed by atoms with van der Waals surface area (Å²) in [5.41, 5.74) is 7.91. The van der Waals surface area contributed by atoms with Gasteiger partial charge in [0, 0.05) is 24.6 Å². The van der Waals surface area contributed by atoms with Crippen molar-refractivity contribution in [2.75, 3.05) is 5.32 Å². The van der Waals surface area contributed by atoms with E-state index in [-0.39, 0.29) is 0 Å². The number of aromatic nitrogens is 2. The van der Waals surface area contributed by atoms with Crippen LogP contribution in [0, 0.1) is 6.92 Å². The van der Waals surface area contributed by atoms with Gasteiger partial charge in [-0.2, -0.15) is 0 Å². The molecule has 3 N–H and O–H groups in total. The van der Waals surface area contributed by atoms with Crippen molar-refractivity contribution in [3.8, 4) is 0 Å². The van der Waals surface area contributed by atoms with Crippen LogP contribution in [-0.4, -0.2) is 16.0 Å². The Morgan fingerprint density at radius 3 is 2.79 bits per heavy atom. The van der Waals surface area contributed by atoms with Crippen LogP contribution in [0.25, 0.3) is 0 Å². The van der Waals surface area contributed by atoms with Gasteiger partial charge >= 0.3 is 0 Å². The molecule has 3 rings (SSSR count). The zero-order valence-electron chi connectivity index (χ0n) is 11.0. The van der Waals surface area contributed by atoms with Gasteiger partial charge in [0.25, 0.3) is 0 Å². The molecule has 0 aliphatic heterocycles. The van der Waals surface area contributed by atoms with Gasteiger partial charge < -0.3 is 11.1 Å². The summed E-state index contributed by atoms with van der Waals surface area (Å²) in [6.45, 7) is 2.34. The largest absolute Gasteiger partial charge is 0.367 e. The molecule has 98 valence electrons. The molecule has 1 aliphatic rings. The van der Waals surface area contributed by atoms with Gasteiger partial charge in [-0.05, 0) is 18.9 Å². The van der Waals surface area contributed by atoms with Crippen molar-refractivity contribution < 1.29 is 0 Å². The predicted molar refractivity (Wildman–Crippen MR) is 75.9 cm³/mol. The molecule has 1 aliphatic carbocycles. The highest BCUT2D eigenvalue weighted by Gasteiger charge is 2.38. The number of hydrogen-bond acceptors (Lipinski definition) is 4. The summed E-state index contributed by atoms with van der Waals surface area (Å²) in [5.74, 6) is 2.25. The molecule has 1 aromatic carbocycles. The molecule has 2 atom stereocenters. The molecule has 0 saturated heterocycles. The predicted octanol–water partition coefficient (Wildman–Crippen LogP) is 2.21. The quantitative estimate of drug-likeness (QED) is 0.878. The summed E-state index contributed by atoms with van der Waals surface area (Å²) < 4.78 is 0. The Hall–Kier alpha value is -1.94. The normalized spacial score (nSPS) is 21.2. The van der Waals surface area contributed by atoms with Crippen molar-refractivity contribution in [2.24, 2.45) is 5.73 Å². The lowest BCUT2D eigenvalue weighted by Crippen LogP contribution is -2.09. The average molecular weight is 254 g/mol. The fourth-order valence-corrected chi connectivity index (χ4v) is 2.42. The zero-order chi connectivity index (χ0) is 13.2. The van der Waals surface area contributed by atoms with E-state index >= 15 is 0 Å². The summed E-state index contributed by atoms with van der Waals surface area (Å²) in [6.07, 6.45) is 1.16. The first-order valence-electron chi connectivity index (χ1n) is 6.62. The van der Waals surface area contributed by atoms with Crippen LogP contribution < -0.4 is 11.1 Å². The van der Waals surface area contributed by atoms with Crippen molar-refractivity contribution in [1.29, 1.82) is 0 Å². The Morgan fingerprint density at radius 1 is 1.26 bits per heavy atom. The monoisotopic (exact) mass is 254 g/mol. The van der Waals surface area contributed by atoms with Crippen LogP contribution in [-0.2, 0) is 6.54 Å². The van der Waals surface area contributed by atoms with Crippen molar-refractivity contribution in [3.63, 3.8) is 0 Å². The number of aryl methyl sites for hydroxylation is 1. The molecule has 0 spiro atoms. The van der Waals surface area contributed by atoms with Crippen LogP contribution in [0.5, 0.6) is 0 Å². The van der Waals surface area contributed by atoms with Crippen molar-refractivity contribution in [3.05, 3.63) is 53.5 Å². The number of nitrogens with two attached hydrogens (primary N) is 1. The van der Waals surface area contributed by atoms with Gasteiger partial charge in [-0.1, -0.05) is 30.3 Å². The summed E-state index contributed by atoms with van der Waals surface area (Å²) in [4.78, 5) is 8.69. The molecule has 1 aromatic heterocycles. The minimum atomic E-state index is 0.449. The number of rotatable bonds is 4. The maximum atomic E-state index is 5.63. The van der Waals surface area contributed by atoms with E-state index in [1.165, 1.54) is 5.56 Å². The van der Waals surface area contributed by atoms with Crippen molar-refractivity contribution in [1.82, 2.24) is 9.97 Å². The summed E-state index contributed by atoms with van der Waals surface area (Å²) in [6, 6.07) is 13.0. The van der Waals surface area contributed by atoms with Crippen molar-refractivity contribution in [2.45, 2.75) is 31.8 Å². The zero-order valence-corrected chi connectivity index (χ0v) is 11.0. The Morgan fingerprint density at radius 2 is 2.05 bits per heavy atom. The molecule has 0 radical (unpaired) electrons. The molecule has 0 bridgehead atoms. The van der Waals surface area contributed by atoms with Crippen LogP contribution in [0.4, 0.5) is 5.82 Å². The second kappa shape index (κ2) is 4.97. The molecule has 0 unspecified atom stereocenters. The third kappa shape index (κ3) is 2.74. The second-order valence-electron chi connectivity index (χ2n) is 5.00. The number of anilines is 1. The highest BCUT2D eigenvalue weighted by Crippen LogP contribution is 2.42. The van der Waals surface area contributed by atoms with E-state index in [0.29, 0.717) is 18.5 Å². The van der Waals surface area contributed by atoms with Gasteiger partial charge in [0.05, 0.1) is 5.69 Å². The lowest BCUT2D eigenvalue weighted by atomic mass is 10.1. The average Bonchev–Trinajstić information content (AvgIpc) is 3.18. The molecular weight excluding hydrogens is 236 g/mol. The first kappa shape index (κ1) is 12.1. The number of nitrogens with one attached hydrogen (secondary N) is 1. The fraction of sp³-hybridized carbons (Fsp3) is 0.333. The lowest BCUT2D eigenvalue weighted by Gasteiger charge is -2.07. The van der Waals surface area contributed by atoms with E-state index < -0.39 is 0 Å². The van der Waals surface area contributed by atoms with E-state index in [0.717, 1.165) is 23.8 Å². The van der Waals surface area contributed by atoms with Crippen LogP contribution in [0.15, 0.2) is 36.4 Å². The Labute approximate surface area is 113 Å². The van der Waals surface area contributed by atoms with Gasteiger partial charge in [-0.15, -0.1) is 0 Å². The first-order valence-corrected chi connectivity index (χ1v) is 6.62. The van der Waals surface area contributed by atoms with Gasteiger partial charge in [-0.25, -0.2) is 9.97 Å². The van der Waals surface area contributed by atoms with Gasteiger partial charge in [0.15, 0.2) is 0 Å².